The Kier molecular flexibility index (Phi) is 3.47. The largest absolute Gasteiger partial charge is 0.321 e. The van der Waals surface area contributed by atoms with Gasteiger partial charge in [-0.2, -0.15) is 9.49 Å². The molecule has 0 fully saturated rings. The van der Waals surface area contributed by atoms with Gasteiger partial charge in [-0.15, -0.1) is 0 Å². The minimum absolute atomic E-state index is 0.0619. The molecule has 0 radical (unpaired) electrons. The van der Waals surface area contributed by atoms with Gasteiger partial charge in [-0.25, -0.2) is 5.43 Å². The van der Waals surface area contributed by atoms with E-state index in [4.69, 9.17) is 0 Å². The molecule has 1 N–H and O–H groups in total. The first-order valence-corrected chi connectivity index (χ1v) is 6.50. The van der Waals surface area contributed by atoms with Crippen molar-refractivity contribution in [3.8, 4) is 0 Å². The number of hydrogen-bond donors (Lipinski definition) is 1. The van der Waals surface area contributed by atoms with Crippen LogP contribution in [0.4, 0.5) is 4.39 Å². The van der Waals surface area contributed by atoms with Crippen molar-refractivity contribution in [2.24, 2.45) is 10.5 Å². The van der Waals surface area contributed by atoms with E-state index in [9.17, 15) is 9.18 Å². The average molecular weight is 265 g/mol. The lowest BCUT2D eigenvalue weighted by Crippen LogP contribution is -2.14. The van der Waals surface area contributed by atoms with Gasteiger partial charge < -0.3 is 4.57 Å². The molecular weight excluding hydrogens is 245 g/mol. The van der Waals surface area contributed by atoms with Crippen molar-refractivity contribution in [2.45, 2.75) is 46.6 Å². The molecule has 0 spiro atoms. The van der Waals surface area contributed by atoms with E-state index in [0.29, 0.717) is 18.5 Å². The van der Waals surface area contributed by atoms with Crippen molar-refractivity contribution < 1.29 is 9.18 Å². The number of hydrogen-bond acceptors (Lipinski definition) is 2. The third-order valence-electron chi connectivity index (χ3n) is 3.52. The second kappa shape index (κ2) is 4.79. The summed E-state index contributed by atoms with van der Waals surface area (Å²) in [5.74, 6) is -0.0815. The molecule has 104 valence electrons. The third kappa shape index (κ3) is 2.41. The molecule has 5 heteroatoms. The van der Waals surface area contributed by atoms with E-state index < -0.39 is 0 Å². The van der Waals surface area contributed by atoms with Crippen molar-refractivity contribution in [1.82, 2.24) is 9.99 Å². The standard InChI is InChI=1S/C14H20FN3O/c1-9(2)12-10(6-16-17-8-19)11-5-14(3,4)7-18(11)13(12)15/h6,8-9H,5,7H2,1-4H3,(H,17,19)/b16-6-. The SMILES string of the molecule is CC(C)c1c(/C=N\NC=O)c2n(c1F)CC(C)(C)C2. The van der Waals surface area contributed by atoms with Crippen LogP contribution in [0.3, 0.4) is 0 Å². The molecule has 2 heterocycles. The summed E-state index contributed by atoms with van der Waals surface area (Å²) < 4.78 is 16.3. The van der Waals surface area contributed by atoms with Crippen LogP contribution in [0.2, 0.25) is 0 Å². The van der Waals surface area contributed by atoms with Gasteiger partial charge in [-0.05, 0) is 17.8 Å². The number of carbonyl (C=O) groups is 1. The highest BCUT2D eigenvalue weighted by Crippen LogP contribution is 2.39. The number of rotatable bonds is 4. The maximum atomic E-state index is 14.5. The summed E-state index contributed by atoms with van der Waals surface area (Å²) in [5.41, 5.74) is 4.77. The molecule has 0 saturated carbocycles. The Morgan fingerprint density at radius 1 is 1.47 bits per heavy atom. The molecule has 1 aromatic rings. The van der Waals surface area contributed by atoms with Crippen LogP contribution in [0, 0.1) is 11.4 Å². The number of aromatic nitrogens is 1. The lowest BCUT2D eigenvalue weighted by Gasteiger charge is -2.16. The Labute approximate surface area is 112 Å². The van der Waals surface area contributed by atoms with Crippen LogP contribution >= 0.6 is 0 Å². The van der Waals surface area contributed by atoms with E-state index >= 15 is 0 Å². The number of halogens is 1. The Bertz CT molecular complexity index is 529. The Morgan fingerprint density at radius 3 is 2.74 bits per heavy atom. The fourth-order valence-electron chi connectivity index (χ4n) is 2.79. The predicted octanol–water partition coefficient (Wildman–Crippen LogP) is 2.41. The zero-order valence-corrected chi connectivity index (χ0v) is 11.8. The molecule has 19 heavy (non-hydrogen) atoms. The van der Waals surface area contributed by atoms with Crippen molar-refractivity contribution in [1.29, 1.82) is 0 Å². The Balaban J connectivity index is 2.51. The van der Waals surface area contributed by atoms with E-state index in [1.165, 1.54) is 0 Å². The Hall–Kier alpha value is -1.65. The van der Waals surface area contributed by atoms with Gasteiger partial charge in [0.2, 0.25) is 6.41 Å². The average Bonchev–Trinajstić information content (AvgIpc) is 2.73. The summed E-state index contributed by atoms with van der Waals surface area (Å²) in [4.78, 5) is 10.3. The zero-order valence-electron chi connectivity index (χ0n) is 11.8. The molecule has 1 aromatic heterocycles. The summed E-state index contributed by atoms with van der Waals surface area (Å²) in [5, 5.41) is 3.82. The first-order chi connectivity index (χ1) is 8.87. The number of nitrogens with one attached hydrogen (secondary N) is 1. The van der Waals surface area contributed by atoms with Gasteiger partial charge in [-0.1, -0.05) is 27.7 Å². The first-order valence-electron chi connectivity index (χ1n) is 6.50. The number of nitrogens with zero attached hydrogens (tertiary/aromatic N) is 2. The second-order valence-corrected chi connectivity index (χ2v) is 6.15. The van der Waals surface area contributed by atoms with E-state index in [1.54, 1.807) is 10.8 Å². The van der Waals surface area contributed by atoms with Crippen molar-refractivity contribution >= 4 is 12.6 Å². The van der Waals surface area contributed by atoms with Crippen LogP contribution in [0.15, 0.2) is 5.10 Å². The minimum Gasteiger partial charge on any atom is -0.321 e. The molecule has 0 aliphatic carbocycles. The quantitative estimate of drug-likeness (QED) is 0.507. The maximum absolute atomic E-state index is 14.5. The maximum Gasteiger partial charge on any atom is 0.227 e. The highest BCUT2D eigenvalue weighted by molar-refractivity contribution is 5.84. The summed E-state index contributed by atoms with van der Waals surface area (Å²) in [6.45, 7) is 8.86. The van der Waals surface area contributed by atoms with Crippen molar-refractivity contribution in [3.05, 3.63) is 22.8 Å². The van der Waals surface area contributed by atoms with Crippen LogP contribution in [0.1, 0.15) is 50.4 Å². The van der Waals surface area contributed by atoms with Crippen LogP contribution in [0.5, 0.6) is 0 Å². The van der Waals surface area contributed by atoms with Gasteiger partial charge in [0, 0.05) is 23.4 Å². The summed E-state index contributed by atoms with van der Waals surface area (Å²) in [7, 11) is 0. The van der Waals surface area contributed by atoms with Gasteiger partial charge in [0.05, 0.1) is 6.21 Å². The molecule has 4 nitrogen and oxygen atoms in total. The van der Waals surface area contributed by atoms with Crippen LogP contribution in [-0.4, -0.2) is 17.2 Å². The van der Waals surface area contributed by atoms with Crippen LogP contribution in [0.25, 0.3) is 0 Å². The number of carbonyl (C=O) groups excluding carboxylic acids is 1. The Morgan fingerprint density at radius 2 is 2.16 bits per heavy atom. The lowest BCUT2D eigenvalue weighted by molar-refractivity contribution is -0.109. The first kappa shape index (κ1) is 13.8. The van der Waals surface area contributed by atoms with E-state index in [1.807, 2.05) is 13.8 Å². The zero-order chi connectivity index (χ0) is 14.2. The fraction of sp³-hybridized carbons (Fsp3) is 0.571. The van der Waals surface area contributed by atoms with Crippen molar-refractivity contribution in [2.75, 3.05) is 0 Å². The smallest absolute Gasteiger partial charge is 0.227 e. The molecular formula is C14H20FN3O. The molecule has 2 rings (SSSR count). The molecule has 0 saturated heterocycles. The van der Waals surface area contributed by atoms with Gasteiger partial charge in [0.15, 0.2) is 5.95 Å². The minimum atomic E-state index is -0.164. The lowest BCUT2D eigenvalue weighted by atomic mass is 9.88. The second-order valence-electron chi connectivity index (χ2n) is 6.15. The highest BCUT2D eigenvalue weighted by atomic mass is 19.1. The molecule has 0 unspecified atom stereocenters. The molecule has 1 aliphatic rings. The van der Waals surface area contributed by atoms with Crippen LogP contribution < -0.4 is 5.43 Å². The number of amides is 1. The van der Waals surface area contributed by atoms with Gasteiger partial charge in [0.1, 0.15) is 0 Å². The topological polar surface area (TPSA) is 46.4 Å². The van der Waals surface area contributed by atoms with Gasteiger partial charge >= 0.3 is 0 Å². The molecule has 1 amide bonds. The summed E-state index contributed by atoms with van der Waals surface area (Å²) in [6, 6.07) is 0. The van der Waals surface area contributed by atoms with Crippen molar-refractivity contribution in [3.63, 3.8) is 0 Å². The molecule has 1 aliphatic heterocycles. The fourth-order valence-corrected chi connectivity index (χ4v) is 2.79. The third-order valence-corrected chi connectivity index (χ3v) is 3.52. The molecule has 0 aromatic carbocycles. The van der Waals surface area contributed by atoms with Crippen LogP contribution in [-0.2, 0) is 17.8 Å². The normalized spacial score (nSPS) is 17.2. The monoisotopic (exact) mass is 265 g/mol. The van der Waals surface area contributed by atoms with Gasteiger partial charge in [0.25, 0.3) is 0 Å². The van der Waals surface area contributed by atoms with E-state index in [0.717, 1.165) is 17.7 Å². The van der Waals surface area contributed by atoms with E-state index in [-0.39, 0.29) is 17.3 Å². The van der Waals surface area contributed by atoms with Gasteiger partial charge in [-0.3, -0.25) is 4.79 Å². The predicted molar refractivity (Wildman–Crippen MR) is 72.8 cm³/mol. The summed E-state index contributed by atoms with van der Waals surface area (Å²) >= 11 is 0. The molecule has 0 bridgehead atoms. The molecule has 0 atom stereocenters. The highest BCUT2D eigenvalue weighted by Gasteiger charge is 2.35. The number of fused-ring (bicyclic) bond motifs is 1. The number of hydrazone groups is 1. The summed E-state index contributed by atoms with van der Waals surface area (Å²) in [6.07, 6.45) is 2.88. The van der Waals surface area contributed by atoms with E-state index in [2.05, 4.69) is 24.4 Å².